The fourth-order valence-electron chi connectivity index (χ4n) is 2.63. The first kappa shape index (κ1) is 14.8. The summed E-state index contributed by atoms with van der Waals surface area (Å²) in [7, 11) is 1.98. The molecule has 0 heterocycles. The monoisotopic (exact) mass is 270 g/mol. The van der Waals surface area contributed by atoms with Gasteiger partial charge in [0.05, 0.1) is 6.61 Å². The lowest BCUT2D eigenvalue weighted by Gasteiger charge is -2.35. The first-order valence-electron chi connectivity index (χ1n) is 7.36. The number of hydrogen-bond donors (Lipinski definition) is 2. The van der Waals surface area contributed by atoms with E-state index in [1.165, 1.54) is 0 Å². The minimum Gasteiger partial charge on any atom is -0.480 e. The molecule has 0 bridgehead atoms. The number of carboxylic acid groups (broad SMARTS) is 1. The average molecular weight is 270 g/mol. The lowest BCUT2D eigenvalue weighted by molar-refractivity contribution is -0.147. The fraction of sp³-hybridized carbons (Fsp3) is 0.929. The van der Waals surface area contributed by atoms with Crippen molar-refractivity contribution in [2.75, 3.05) is 33.4 Å². The van der Waals surface area contributed by atoms with Crippen molar-refractivity contribution in [1.29, 1.82) is 0 Å². The van der Waals surface area contributed by atoms with Crippen LogP contribution in [0.5, 0.6) is 0 Å². The van der Waals surface area contributed by atoms with Gasteiger partial charge in [-0.1, -0.05) is 0 Å². The van der Waals surface area contributed by atoms with Gasteiger partial charge in [-0.05, 0) is 45.6 Å². The summed E-state index contributed by atoms with van der Waals surface area (Å²) in [6.45, 7) is 4.69. The molecule has 0 amide bonds. The highest BCUT2D eigenvalue weighted by atomic mass is 16.5. The number of hydrogen-bond acceptors (Lipinski definition) is 4. The van der Waals surface area contributed by atoms with Gasteiger partial charge < -0.3 is 14.7 Å². The number of carboxylic acids is 1. The highest BCUT2D eigenvalue weighted by molar-refractivity contribution is 5.80. The molecule has 2 rings (SSSR count). The summed E-state index contributed by atoms with van der Waals surface area (Å²) >= 11 is 0. The average Bonchev–Trinajstić information content (AvgIpc) is 3.21. The van der Waals surface area contributed by atoms with Gasteiger partial charge in [0, 0.05) is 25.7 Å². The Balaban J connectivity index is 1.93. The predicted octanol–water partition coefficient (Wildman–Crippen LogP) is 0.940. The zero-order valence-corrected chi connectivity index (χ0v) is 12.0. The minimum absolute atomic E-state index is 0.292. The van der Waals surface area contributed by atoms with Crippen molar-refractivity contribution >= 4 is 5.97 Å². The van der Waals surface area contributed by atoms with Crippen molar-refractivity contribution in [3.8, 4) is 0 Å². The van der Waals surface area contributed by atoms with Gasteiger partial charge in [0.2, 0.25) is 0 Å². The van der Waals surface area contributed by atoms with Gasteiger partial charge in [0.1, 0.15) is 5.54 Å². The van der Waals surface area contributed by atoms with Crippen molar-refractivity contribution in [2.24, 2.45) is 5.92 Å². The quantitative estimate of drug-likeness (QED) is 0.579. The predicted molar refractivity (Wildman–Crippen MR) is 73.2 cm³/mol. The third-order valence-electron chi connectivity index (χ3n) is 4.04. The van der Waals surface area contributed by atoms with Crippen LogP contribution in [0.4, 0.5) is 0 Å². The second-order valence-corrected chi connectivity index (χ2v) is 5.90. The molecular formula is C14H26N2O3. The molecule has 110 valence electrons. The van der Waals surface area contributed by atoms with Crippen molar-refractivity contribution in [2.45, 2.75) is 44.2 Å². The summed E-state index contributed by atoms with van der Waals surface area (Å²) in [5.74, 6) is -0.398. The SMILES string of the molecule is CCOCCN(C)CC(NC1CC1)(C(=O)O)C1CC1. The Morgan fingerprint density at radius 2 is 2.11 bits per heavy atom. The smallest absolute Gasteiger partial charge is 0.325 e. The van der Waals surface area contributed by atoms with E-state index in [9.17, 15) is 9.90 Å². The molecule has 2 saturated carbocycles. The van der Waals surface area contributed by atoms with Crippen LogP contribution in [-0.4, -0.2) is 60.9 Å². The largest absolute Gasteiger partial charge is 0.480 e. The standard InChI is InChI=1S/C14H26N2O3/c1-3-19-9-8-16(2)10-14(13(17)18,11-4-5-11)15-12-6-7-12/h11-12,15H,3-10H2,1-2H3,(H,17,18). The Kier molecular flexibility index (Phi) is 4.81. The Morgan fingerprint density at radius 3 is 2.58 bits per heavy atom. The Hall–Kier alpha value is -0.650. The van der Waals surface area contributed by atoms with E-state index >= 15 is 0 Å². The van der Waals surface area contributed by atoms with Crippen LogP contribution in [0.25, 0.3) is 0 Å². The molecule has 19 heavy (non-hydrogen) atoms. The second kappa shape index (κ2) is 6.20. The number of ether oxygens (including phenoxy) is 1. The molecule has 5 heteroatoms. The van der Waals surface area contributed by atoms with Crippen LogP contribution < -0.4 is 5.32 Å². The first-order chi connectivity index (χ1) is 9.08. The number of carbonyl (C=O) groups is 1. The van der Waals surface area contributed by atoms with E-state index in [-0.39, 0.29) is 0 Å². The number of nitrogens with zero attached hydrogens (tertiary/aromatic N) is 1. The van der Waals surface area contributed by atoms with Gasteiger partial charge in [0.15, 0.2) is 0 Å². The molecule has 2 aliphatic carbocycles. The van der Waals surface area contributed by atoms with Gasteiger partial charge in [0.25, 0.3) is 0 Å². The molecule has 2 fully saturated rings. The molecule has 2 N–H and O–H groups in total. The number of aliphatic carboxylic acids is 1. The molecule has 0 aliphatic heterocycles. The Morgan fingerprint density at radius 1 is 1.42 bits per heavy atom. The summed E-state index contributed by atoms with van der Waals surface area (Å²) in [4.78, 5) is 13.9. The van der Waals surface area contributed by atoms with E-state index in [1.54, 1.807) is 0 Å². The first-order valence-corrected chi connectivity index (χ1v) is 7.36. The molecular weight excluding hydrogens is 244 g/mol. The van der Waals surface area contributed by atoms with E-state index in [0.717, 1.165) is 32.2 Å². The van der Waals surface area contributed by atoms with Gasteiger partial charge in [-0.3, -0.25) is 10.1 Å². The minimum atomic E-state index is -0.748. The zero-order chi connectivity index (χ0) is 13.9. The maximum absolute atomic E-state index is 11.8. The number of rotatable bonds is 10. The molecule has 2 aliphatic rings. The van der Waals surface area contributed by atoms with E-state index < -0.39 is 11.5 Å². The maximum Gasteiger partial charge on any atom is 0.325 e. The second-order valence-electron chi connectivity index (χ2n) is 5.90. The highest BCUT2D eigenvalue weighted by Crippen LogP contribution is 2.42. The van der Waals surface area contributed by atoms with Crippen LogP contribution in [0.1, 0.15) is 32.6 Å². The number of likely N-dealkylation sites (N-methyl/N-ethyl adjacent to an activating group) is 1. The maximum atomic E-state index is 11.8. The molecule has 1 unspecified atom stereocenters. The molecule has 0 aromatic carbocycles. The zero-order valence-electron chi connectivity index (χ0n) is 12.0. The summed E-state index contributed by atoms with van der Waals surface area (Å²) in [5, 5.41) is 13.1. The number of nitrogens with one attached hydrogen (secondary N) is 1. The van der Waals surface area contributed by atoms with Crippen molar-refractivity contribution in [3.05, 3.63) is 0 Å². The van der Waals surface area contributed by atoms with Gasteiger partial charge in [-0.15, -0.1) is 0 Å². The summed E-state index contributed by atoms with van der Waals surface area (Å²) in [6.07, 6.45) is 4.30. The molecule has 1 atom stereocenters. The van der Waals surface area contributed by atoms with Gasteiger partial charge in [-0.2, -0.15) is 0 Å². The van der Waals surface area contributed by atoms with Crippen LogP contribution >= 0.6 is 0 Å². The lowest BCUT2D eigenvalue weighted by Crippen LogP contribution is -2.61. The molecule has 0 radical (unpaired) electrons. The van der Waals surface area contributed by atoms with Crippen molar-refractivity contribution < 1.29 is 14.6 Å². The van der Waals surface area contributed by atoms with Crippen LogP contribution in [0.3, 0.4) is 0 Å². The third-order valence-corrected chi connectivity index (χ3v) is 4.04. The Bertz CT molecular complexity index is 316. The van der Waals surface area contributed by atoms with E-state index in [2.05, 4.69) is 10.2 Å². The van der Waals surface area contributed by atoms with Crippen LogP contribution in [0.2, 0.25) is 0 Å². The van der Waals surface area contributed by atoms with Crippen LogP contribution in [0.15, 0.2) is 0 Å². The Labute approximate surface area is 115 Å². The normalized spacial score (nSPS) is 22.5. The summed E-state index contributed by atoms with van der Waals surface area (Å²) < 4.78 is 5.34. The van der Waals surface area contributed by atoms with Gasteiger partial charge >= 0.3 is 5.97 Å². The lowest BCUT2D eigenvalue weighted by atomic mass is 9.92. The van der Waals surface area contributed by atoms with E-state index in [4.69, 9.17) is 4.74 Å². The van der Waals surface area contributed by atoms with Crippen molar-refractivity contribution in [1.82, 2.24) is 10.2 Å². The van der Waals surface area contributed by atoms with Crippen LogP contribution in [0, 0.1) is 5.92 Å². The molecule has 0 aromatic heterocycles. The fourth-order valence-corrected chi connectivity index (χ4v) is 2.63. The van der Waals surface area contributed by atoms with Gasteiger partial charge in [-0.25, -0.2) is 0 Å². The third kappa shape index (κ3) is 3.91. The van der Waals surface area contributed by atoms with E-state index in [1.807, 2.05) is 14.0 Å². The molecule has 0 saturated heterocycles. The topological polar surface area (TPSA) is 61.8 Å². The summed E-state index contributed by atoms with van der Waals surface area (Å²) in [5.41, 5.74) is -0.748. The van der Waals surface area contributed by atoms with Crippen LogP contribution in [-0.2, 0) is 9.53 Å². The van der Waals surface area contributed by atoms with E-state index in [0.29, 0.717) is 31.7 Å². The molecule has 0 aromatic rings. The molecule has 0 spiro atoms. The highest BCUT2D eigenvalue weighted by Gasteiger charge is 2.53. The summed E-state index contributed by atoms with van der Waals surface area (Å²) in [6, 6.07) is 0.414. The van der Waals surface area contributed by atoms with Crippen molar-refractivity contribution in [3.63, 3.8) is 0 Å². The molecule has 5 nitrogen and oxygen atoms in total.